The average Bonchev–Trinajstić information content (AvgIpc) is 3.65. The number of fused-ring (bicyclic) bond motifs is 1. The van der Waals surface area contributed by atoms with E-state index in [9.17, 15) is 9.18 Å². The van der Waals surface area contributed by atoms with Crippen molar-refractivity contribution in [2.24, 2.45) is 0 Å². The average molecular weight is 470 g/mol. The summed E-state index contributed by atoms with van der Waals surface area (Å²) in [6.45, 7) is 0. The summed E-state index contributed by atoms with van der Waals surface area (Å²) >= 11 is 0. The van der Waals surface area contributed by atoms with Gasteiger partial charge >= 0.3 is 0 Å². The van der Waals surface area contributed by atoms with E-state index in [1.807, 2.05) is 24.5 Å². The number of nitrogens with zero attached hydrogens (tertiary/aromatic N) is 2. The van der Waals surface area contributed by atoms with Crippen molar-refractivity contribution in [2.75, 3.05) is 0 Å². The van der Waals surface area contributed by atoms with Crippen LogP contribution in [0.2, 0.25) is 0 Å². The fourth-order valence-corrected chi connectivity index (χ4v) is 5.60. The number of nitrogens with one attached hydrogen (secondary N) is 1. The van der Waals surface area contributed by atoms with E-state index >= 15 is 0 Å². The van der Waals surface area contributed by atoms with Crippen LogP contribution in [0.4, 0.5) is 4.39 Å². The minimum Gasteiger partial charge on any atom is -0.449 e. The van der Waals surface area contributed by atoms with E-state index in [-0.39, 0.29) is 23.5 Å². The lowest BCUT2D eigenvalue weighted by Gasteiger charge is -2.26. The van der Waals surface area contributed by atoms with Gasteiger partial charge in [0.2, 0.25) is 0 Å². The van der Waals surface area contributed by atoms with Gasteiger partial charge in [0.1, 0.15) is 11.5 Å². The molecular weight excluding hydrogens is 441 g/mol. The Balaban J connectivity index is 1.32. The molecule has 0 aliphatic heterocycles. The van der Waals surface area contributed by atoms with Gasteiger partial charge in [0.05, 0.1) is 18.1 Å². The highest BCUT2D eigenvalue weighted by Crippen LogP contribution is 2.39. The molecule has 2 aliphatic rings. The first-order chi connectivity index (χ1) is 17.2. The maximum absolute atomic E-state index is 13.6. The number of hydrogen-bond acceptors (Lipinski definition) is 3. The van der Waals surface area contributed by atoms with E-state index < -0.39 is 0 Å². The van der Waals surface area contributed by atoms with E-state index in [1.165, 1.54) is 36.1 Å². The molecule has 35 heavy (non-hydrogen) atoms. The van der Waals surface area contributed by atoms with E-state index in [4.69, 9.17) is 4.42 Å². The standard InChI is InChI=1S/C29H28FN3O2/c30-21-14-12-20(13-15-21)27-28(33(18-31-27)22-8-2-3-9-22)25-16-17-26(35-25)29(34)32-24-11-5-7-19-6-1-4-10-23(19)24/h1,4,6,10,12-18,22,24H,2-3,5,7-9,11H2,(H,32,34)/t24-/m1/s1. The van der Waals surface area contributed by atoms with E-state index in [1.54, 1.807) is 18.2 Å². The first-order valence-corrected chi connectivity index (χ1v) is 12.5. The van der Waals surface area contributed by atoms with Crippen LogP contribution in [-0.4, -0.2) is 15.5 Å². The monoisotopic (exact) mass is 469 g/mol. The Labute approximate surface area is 204 Å². The summed E-state index contributed by atoms with van der Waals surface area (Å²) in [5.74, 6) is 0.384. The topological polar surface area (TPSA) is 60.1 Å². The number of hydrogen-bond donors (Lipinski definition) is 1. The minimum absolute atomic E-state index is 0.0141. The molecule has 0 spiro atoms. The highest BCUT2D eigenvalue weighted by atomic mass is 19.1. The zero-order valence-electron chi connectivity index (χ0n) is 19.5. The summed E-state index contributed by atoms with van der Waals surface area (Å²) in [6.07, 6.45) is 9.40. The number of imidazole rings is 1. The van der Waals surface area contributed by atoms with Crippen LogP contribution in [0.5, 0.6) is 0 Å². The summed E-state index contributed by atoms with van der Waals surface area (Å²) in [5, 5.41) is 3.18. The second-order valence-corrected chi connectivity index (χ2v) is 9.58. The van der Waals surface area contributed by atoms with Crippen molar-refractivity contribution >= 4 is 5.91 Å². The zero-order valence-corrected chi connectivity index (χ0v) is 19.5. The first-order valence-electron chi connectivity index (χ1n) is 12.5. The maximum atomic E-state index is 13.6. The molecule has 1 amide bonds. The van der Waals surface area contributed by atoms with Crippen LogP contribution in [0.3, 0.4) is 0 Å². The van der Waals surface area contributed by atoms with Crippen molar-refractivity contribution in [3.05, 3.63) is 89.7 Å². The number of carbonyl (C=O) groups is 1. The van der Waals surface area contributed by atoms with Crippen LogP contribution < -0.4 is 5.32 Å². The van der Waals surface area contributed by atoms with Crippen molar-refractivity contribution in [3.63, 3.8) is 0 Å². The predicted molar refractivity (Wildman–Crippen MR) is 132 cm³/mol. The molecule has 5 nitrogen and oxygen atoms in total. The van der Waals surface area contributed by atoms with E-state index in [2.05, 4.69) is 27.0 Å². The first kappa shape index (κ1) is 21.8. The fraction of sp³-hybridized carbons (Fsp3) is 0.310. The Hall–Kier alpha value is -3.67. The van der Waals surface area contributed by atoms with Crippen molar-refractivity contribution < 1.29 is 13.6 Å². The fourth-order valence-electron chi connectivity index (χ4n) is 5.60. The van der Waals surface area contributed by atoms with Gasteiger partial charge in [0, 0.05) is 11.6 Å². The van der Waals surface area contributed by atoms with Crippen molar-refractivity contribution in [1.82, 2.24) is 14.9 Å². The lowest BCUT2D eigenvalue weighted by atomic mass is 9.88. The van der Waals surface area contributed by atoms with Gasteiger partial charge in [0.15, 0.2) is 11.5 Å². The third-order valence-electron chi connectivity index (χ3n) is 7.37. The maximum Gasteiger partial charge on any atom is 0.287 e. The number of aromatic nitrogens is 2. The number of aryl methyl sites for hydroxylation is 1. The molecule has 1 atom stereocenters. The highest BCUT2D eigenvalue weighted by Gasteiger charge is 2.27. The molecule has 1 N–H and O–H groups in total. The van der Waals surface area contributed by atoms with Crippen LogP contribution in [0, 0.1) is 5.82 Å². The molecule has 178 valence electrons. The van der Waals surface area contributed by atoms with Crippen LogP contribution in [0.15, 0.2) is 71.4 Å². The van der Waals surface area contributed by atoms with Crippen molar-refractivity contribution in [2.45, 2.75) is 57.0 Å². The molecule has 1 saturated carbocycles. The molecule has 0 radical (unpaired) electrons. The van der Waals surface area contributed by atoms with Crippen molar-refractivity contribution in [1.29, 1.82) is 0 Å². The van der Waals surface area contributed by atoms with Gasteiger partial charge < -0.3 is 14.3 Å². The number of amides is 1. The van der Waals surface area contributed by atoms with Gasteiger partial charge in [-0.2, -0.15) is 0 Å². The second kappa shape index (κ2) is 9.17. The van der Waals surface area contributed by atoms with Gasteiger partial charge in [-0.15, -0.1) is 0 Å². The molecule has 2 aromatic carbocycles. The number of furan rings is 1. The highest BCUT2D eigenvalue weighted by molar-refractivity contribution is 5.92. The third kappa shape index (κ3) is 4.18. The van der Waals surface area contributed by atoms with E-state index in [0.717, 1.165) is 49.1 Å². The van der Waals surface area contributed by atoms with E-state index in [0.29, 0.717) is 11.8 Å². The zero-order chi connectivity index (χ0) is 23.8. The van der Waals surface area contributed by atoms with Crippen LogP contribution in [0.1, 0.15) is 72.3 Å². The molecular formula is C29H28FN3O2. The largest absolute Gasteiger partial charge is 0.449 e. The molecule has 4 aromatic rings. The second-order valence-electron chi connectivity index (χ2n) is 9.58. The van der Waals surface area contributed by atoms with Gasteiger partial charge in [-0.05, 0) is 79.6 Å². The molecule has 2 aliphatic carbocycles. The van der Waals surface area contributed by atoms with Gasteiger partial charge in [-0.1, -0.05) is 37.1 Å². The number of rotatable bonds is 5. The predicted octanol–water partition coefficient (Wildman–Crippen LogP) is 6.87. The number of halogens is 1. The summed E-state index contributed by atoms with van der Waals surface area (Å²) in [6, 6.07) is 18.6. The Morgan fingerprint density at radius 1 is 0.971 bits per heavy atom. The molecule has 1 fully saturated rings. The summed E-state index contributed by atoms with van der Waals surface area (Å²) in [7, 11) is 0. The molecule has 0 saturated heterocycles. The normalized spacial score (nSPS) is 17.9. The Morgan fingerprint density at radius 3 is 2.60 bits per heavy atom. The van der Waals surface area contributed by atoms with Crippen molar-refractivity contribution in [3.8, 4) is 22.7 Å². The summed E-state index contributed by atoms with van der Waals surface area (Å²) < 4.78 is 21.9. The molecule has 0 unspecified atom stereocenters. The van der Waals surface area contributed by atoms with Gasteiger partial charge in [-0.25, -0.2) is 9.37 Å². The molecule has 6 rings (SSSR count). The lowest BCUT2D eigenvalue weighted by Crippen LogP contribution is -2.30. The molecule has 6 heteroatoms. The molecule has 2 heterocycles. The van der Waals surface area contributed by atoms with Crippen LogP contribution in [0.25, 0.3) is 22.7 Å². The number of carbonyl (C=O) groups excluding carboxylic acids is 1. The molecule has 2 aromatic heterocycles. The summed E-state index contributed by atoms with van der Waals surface area (Å²) in [5.41, 5.74) is 4.88. The Morgan fingerprint density at radius 2 is 1.77 bits per heavy atom. The Kier molecular flexibility index (Phi) is 5.72. The number of benzene rings is 2. The third-order valence-corrected chi connectivity index (χ3v) is 7.37. The van der Waals surface area contributed by atoms with Crippen LogP contribution in [-0.2, 0) is 6.42 Å². The van der Waals surface area contributed by atoms with Crippen LogP contribution >= 0.6 is 0 Å². The summed E-state index contributed by atoms with van der Waals surface area (Å²) in [4.78, 5) is 17.9. The smallest absolute Gasteiger partial charge is 0.287 e. The van der Waals surface area contributed by atoms with Gasteiger partial charge in [-0.3, -0.25) is 4.79 Å². The quantitative estimate of drug-likeness (QED) is 0.347. The Bertz CT molecular complexity index is 1350. The lowest BCUT2D eigenvalue weighted by molar-refractivity contribution is 0.0905. The van der Waals surface area contributed by atoms with Gasteiger partial charge in [0.25, 0.3) is 5.91 Å². The SMILES string of the molecule is O=C(N[C@@H]1CCCc2ccccc21)c1ccc(-c2c(-c3ccc(F)cc3)ncn2C2CCCC2)o1. The minimum atomic E-state index is -0.285. The molecule has 0 bridgehead atoms.